The van der Waals surface area contributed by atoms with E-state index in [1.54, 1.807) is 32.9 Å². The van der Waals surface area contributed by atoms with E-state index in [9.17, 15) is 19.2 Å². The van der Waals surface area contributed by atoms with Crippen molar-refractivity contribution in [3.8, 4) is 0 Å². The fourth-order valence-corrected chi connectivity index (χ4v) is 5.22. The molecule has 0 fully saturated rings. The molecule has 7 nitrogen and oxygen atoms in total. The van der Waals surface area contributed by atoms with Crippen molar-refractivity contribution in [1.82, 2.24) is 4.90 Å². The zero-order valence-corrected chi connectivity index (χ0v) is 24.3. The molecule has 3 amide bonds. The molecule has 2 aromatic carbocycles. The first-order valence-electron chi connectivity index (χ1n) is 10.4. The lowest BCUT2D eigenvalue weighted by atomic mass is 10.0. The van der Waals surface area contributed by atoms with Gasteiger partial charge in [-0.15, -0.1) is 0 Å². The molecular formula is C23H18BrCl5N2O5. The number of rotatable bonds is 7. The average Bonchev–Trinajstić information content (AvgIpc) is 3.08. The van der Waals surface area contributed by atoms with Crippen LogP contribution in [0.3, 0.4) is 0 Å². The van der Waals surface area contributed by atoms with E-state index in [1.165, 1.54) is 0 Å². The predicted molar refractivity (Wildman–Crippen MR) is 144 cm³/mol. The molecule has 192 valence electrons. The van der Waals surface area contributed by atoms with Gasteiger partial charge in [-0.05, 0) is 52.9 Å². The second-order valence-electron chi connectivity index (χ2n) is 8.32. The summed E-state index contributed by atoms with van der Waals surface area (Å²) < 4.78 is 5.85. The fourth-order valence-electron chi connectivity index (χ4n) is 3.61. The van der Waals surface area contributed by atoms with Gasteiger partial charge >= 0.3 is 5.97 Å². The van der Waals surface area contributed by atoms with Crippen LogP contribution in [0.15, 0.2) is 16.6 Å². The lowest BCUT2D eigenvalue weighted by molar-refractivity contribution is -0.151. The van der Waals surface area contributed by atoms with Crippen LogP contribution in [0.2, 0.25) is 25.1 Å². The number of carbonyl (C=O) groups excluding carboxylic acids is 4. The molecule has 0 aliphatic carbocycles. The maximum Gasteiger partial charge on any atom is 0.329 e. The molecule has 36 heavy (non-hydrogen) atoms. The van der Waals surface area contributed by atoms with Crippen LogP contribution >= 0.6 is 73.9 Å². The third kappa shape index (κ3) is 5.49. The average molecular weight is 660 g/mol. The summed E-state index contributed by atoms with van der Waals surface area (Å²) in [6.07, 6.45) is 0.0596. The first kappa shape index (κ1) is 29.0. The van der Waals surface area contributed by atoms with Crippen molar-refractivity contribution in [3.05, 3.63) is 58.4 Å². The molecule has 0 spiro atoms. The number of hydrogen-bond donors (Lipinski definition) is 1. The van der Waals surface area contributed by atoms with Crippen molar-refractivity contribution in [1.29, 1.82) is 0 Å². The Morgan fingerprint density at radius 1 is 0.944 bits per heavy atom. The lowest BCUT2D eigenvalue weighted by Crippen LogP contribution is -2.47. The SMILES string of the molecule is Cc1c(NC(=O)COC(=O)[C@H](CC(C)C)N2C(=O)c3c(Cl)c(Cl)c(Cl)c(Cl)c3C2=O)ccc(Br)c1Cl. The molecule has 1 heterocycles. The van der Waals surface area contributed by atoms with E-state index in [-0.39, 0.29) is 43.6 Å². The van der Waals surface area contributed by atoms with Gasteiger partial charge in [0.1, 0.15) is 6.04 Å². The minimum Gasteiger partial charge on any atom is -0.454 e. The third-order valence-electron chi connectivity index (χ3n) is 5.37. The van der Waals surface area contributed by atoms with Gasteiger partial charge in [0.25, 0.3) is 17.7 Å². The van der Waals surface area contributed by atoms with Gasteiger partial charge in [0.2, 0.25) is 0 Å². The molecule has 0 saturated heterocycles. The van der Waals surface area contributed by atoms with Crippen molar-refractivity contribution < 1.29 is 23.9 Å². The number of esters is 1. The summed E-state index contributed by atoms with van der Waals surface area (Å²) in [7, 11) is 0. The van der Waals surface area contributed by atoms with E-state index >= 15 is 0 Å². The number of amides is 3. The topological polar surface area (TPSA) is 92.8 Å². The number of halogens is 6. The first-order chi connectivity index (χ1) is 16.8. The maximum absolute atomic E-state index is 13.2. The summed E-state index contributed by atoms with van der Waals surface area (Å²) in [6.45, 7) is 4.63. The van der Waals surface area contributed by atoms with Gasteiger partial charge in [-0.25, -0.2) is 4.79 Å². The van der Waals surface area contributed by atoms with Gasteiger partial charge in [0.15, 0.2) is 6.61 Å². The second-order valence-corrected chi connectivity index (χ2v) is 11.1. The Balaban J connectivity index is 1.82. The Morgan fingerprint density at radius 2 is 1.47 bits per heavy atom. The van der Waals surface area contributed by atoms with Crippen LogP contribution in [0.1, 0.15) is 46.5 Å². The minimum absolute atomic E-state index is 0.0596. The largest absolute Gasteiger partial charge is 0.454 e. The highest BCUT2D eigenvalue weighted by Gasteiger charge is 2.47. The van der Waals surface area contributed by atoms with Crippen LogP contribution in [-0.4, -0.2) is 41.2 Å². The number of benzene rings is 2. The zero-order valence-electron chi connectivity index (χ0n) is 19.0. The van der Waals surface area contributed by atoms with Crippen LogP contribution in [0.4, 0.5) is 5.69 Å². The van der Waals surface area contributed by atoms with Gasteiger partial charge in [-0.1, -0.05) is 71.9 Å². The van der Waals surface area contributed by atoms with Gasteiger partial charge in [-0.3, -0.25) is 19.3 Å². The normalized spacial score (nSPS) is 13.8. The Hall–Kier alpha value is -1.55. The van der Waals surface area contributed by atoms with Crippen LogP contribution in [0.25, 0.3) is 0 Å². The van der Waals surface area contributed by atoms with Crippen molar-refractivity contribution in [2.45, 2.75) is 33.2 Å². The van der Waals surface area contributed by atoms with E-state index in [0.29, 0.717) is 25.6 Å². The molecule has 1 N–H and O–H groups in total. The quantitative estimate of drug-likeness (QED) is 0.147. The molecule has 0 bridgehead atoms. The Bertz CT molecular complexity index is 1250. The van der Waals surface area contributed by atoms with Crippen LogP contribution in [0, 0.1) is 12.8 Å². The summed E-state index contributed by atoms with van der Waals surface area (Å²) in [5.41, 5.74) is 0.549. The van der Waals surface area contributed by atoms with Crippen molar-refractivity contribution in [3.63, 3.8) is 0 Å². The Labute approximate surface area is 240 Å². The monoisotopic (exact) mass is 656 g/mol. The second kappa shape index (κ2) is 11.5. The fraction of sp³-hybridized carbons (Fsp3) is 0.304. The van der Waals surface area contributed by atoms with E-state index in [0.717, 1.165) is 0 Å². The number of carbonyl (C=O) groups is 4. The Kier molecular flexibility index (Phi) is 9.23. The third-order valence-corrected chi connectivity index (χ3v) is 8.55. The summed E-state index contributed by atoms with van der Waals surface area (Å²) >= 11 is 34.0. The number of anilines is 1. The first-order valence-corrected chi connectivity index (χ1v) is 13.1. The molecule has 1 atom stereocenters. The molecule has 13 heteroatoms. The number of nitrogens with one attached hydrogen (secondary N) is 1. The summed E-state index contributed by atoms with van der Waals surface area (Å²) in [5.74, 6) is -3.46. The summed E-state index contributed by atoms with van der Waals surface area (Å²) in [6, 6.07) is 1.95. The Morgan fingerprint density at radius 3 is 1.97 bits per heavy atom. The maximum atomic E-state index is 13.2. The van der Waals surface area contributed by atoms with E-state index in [4.69, 9.17) is 62.7 Å². The van der Waals surface area contributed by atoms with Gasteiger partial charge < -0.3 is 10.1 Å². The zero-order chi connectivity index (χ0) is 27.1. The van der Waals surface area contributed by atoms with Gasteiger partial charge in [-0.2, -0.15) is 0 Å². The number of hydrogen-bond acceptors (Lipinski definition) is 5. The predicted octanol–water partition coefficient (Wildman–Crippen LogP) is 7.22. The number of nitrogens with zero attached hydrogens (tertiary/aromatic N) is 1. The van der Waals surface area contributed by atoms with Crippen molar-refractivity contribution in [2.24, 2.45) is 5.92 Å². The number of fused-ring (bicyclic) bond motifs is 1. The van der Waals surface area contributed by atoms with Crippen molar-refractivity contribution in [2.75, 3.05) is 11.9 Å². The molecule has 1 aliphatic rings. The molecule has 1 aliphatic heterocycles. The molecule has 3 rings (SSSR count). The van der Waals surface area contributed by atoms with E-state index in [2.05, 4.69) is 21.2 Å². The van der Waals surface area contributed by atoms with Gasteiger partial charge in [0.05, 0.1) is 36.2 Å². The molecule has 0 saturated carbocycles. The smallest absolute Gasteiger partial charge is 0.329 e. The molecule has 0 aromatic heterocycles. The molecule has 0 unspecified atom stereocenters. The standard InChI is InChI=1S/C23H18BrCl5N2O5/c1-8(2)6-12(23(35)36-7-13(32)30-11-5-4-10(24)16(25)9(11)3)31-21(33)14-15(22(31)34)18(27)20(29)19(28)17(14)26/h4-5,8,12H,6-7H2,1-3H3,(H,30,32)/t12-/m0/s1. The van der Waals surface area contributed by atoms with Crippen LogP contribution in [0.5, 0.6) is 0 Å². The minimum atomic E-state index is -1.35. The summed E-state index contributed by atoms with van der Waals surface area (Å²) in [4.78, 5) is 52.6. The van der Waals surface area contributed by atoms with Crippen LogP contribution < -0.4 is 5.32 Å². The summed E-state index contributed by atoms with van der Waals surface area (Å²) in [5, 5.41) is 2.16. The molecular weight excluding hydrogens is 641 g/mol. The van der Waals surface area contributed by atoms with Gasteiger partial charge in [0, 0.05) is 10.2 Å². The number of ether oxygens (including phenoxy) is 1. The van der Waals surface area contributed by atoms with Crippen LogP contribution in [-0.2, 0) is 14.3 Å². The highest BCUT2D eigenvalue weighted by molar-refractivity contribution is 9.10. The van der Waals surface area contributed by atoms with E-state index < -0.39 is 36.3 Å². The number of imide groups is 1. The molecule has 2 aromatic rings. The van der Waals surface area contributed by atoms with Crippen molar-refractivity contribution >= 4 is 103 Å². The molecule has 0 radical (unpaired) electrons. The highest BCUT2D eigenvalue weighted by atomic mass is 79.9. The van der Waals surface area contributed by atoms with E-state index in [1.807, 2.05) is 0 Å². The highest BCUT2D eigenvalue weighted by Crippen LogP contribution is 2.45. The lowest BCUT2D eigenvalue weighted by Gasteiger charge is -2.26.